The number of ether oxygens (including phenoxy) is 1. The monoisotopic (exact) mass is 632 g/mol. The van der Waals surface area contributed by atoms with Crippen molar-refractivity contribution in [3.8, 4) is 28.1 Å². The number of pyridine rings is 1. The third-order valence-corrected chi connectivity index (χ3v) is 8.68. The highest BCUT2D eigenvalue weighted by atomic mass is 32.1. The van der Waals surface area contributed by atoms with Gasteiger partial charge in [0.2, 0.25) is 11.8 Å². The van der Waals surface area contributed by atoms with Gasteiger partial charge in [-0.1, -0.05) is 30.3 Å². The van der Waals surface area contributed by atoms with Crippen LogP contribution in [0.15, 0.2) is 72.2 Å². The number of carboxylic acid groups (broad SMARTS) is 1. The molecule has 2 aromatic heterocycles. The van der Waals surface area contributed by atoms with Crippen LogP contribution in [0.1, 0.15) is 37.7 Å². The minimum Gasteiger partial charge on any atom is -0.481 e. The van der Waals surface area contributed by atoms with Crippen LogP contribution in [-0.4, -0.2) is 52.1 Å². The van der Waals surface area contributed by atoms with E-state index in [0.29, 0.717) is 46.3 Å². The Morgan fingerprint density at radius 2 is 1.89 bits per heavy atom. The molecule has 3 heterocycles. The van der Waals surface area contributed by atoms with Crippen molar-refractivity contribution < 1.29 is 33.0 Å². The summed E-state index contributed by atoms with van der Waals surface area (Å²) >= 11 is 1.23. The highest BCUT2D eigenvalue weighted by molar-refractivity contribution is 7.14. The van der Waals surface area contributed by atoms with E-state index in [4.69, 9.17) is 9.72 Å². The molecule has 1 atom stereocenters. The van der Waals surface area contributed by atoms with E-state index < -0.39 is 18.5 Å². The smallest absolute Gasteiger partial charge is 0.387 e. The van der Waals surface area contributed by atoms with Crippen molar-refractivity contribution in [1.82, 2.24) is 9.97 Å². The van der Waals surface area contributed by atoms with E-state index >= 15 is 0 Å². The van der Waals surface area contributed by atoms with Gasteiger partial charge in [0.05, 0.1) is 18.0 Å². The van der Waals surface area contributed by atoms with Crippen LogP contribution in [-0.2, 0) is 20.8 Å². The molecule has 0 spiro atoms. The van der Waals surface area contributed by atoms with E-state index in [1.165, 1.54) is 23.5 Å². The molecule has 2 fully saturated rings. The first-order valence-electron chi connectivity index (χ1n) is 14.7. The highest BCUT2D eigenvalue weighted by Gasteiger charge is 2.39. The van der Waals surface area contributed by atoms with Crippen molar-refractivity contribution in [2.45, 2.75) is 51.2 Å². The van der Waals surface area contributed by atoms with E-state index in [1.54, 1.807) is 33.5 Å². The summed E-state index contributed by atoms with van der Waals surface area (Å²) < 4.78 is 31.0. The Balaban J connectivity index is 1.33. The number of rotatable bonds is 12. The minimum absolute atomic E-state index is 0.0172. The number of aliphatic carboxylic acids is 1. The van der Waals surface area contributed by atoms with Gasteiger partial charge in [0.15, 0.2) is 5.13 Å². The predicted octanol–water partition coefficient (Wildman–Crippen LogP) is 6.43. The summed E-state index contributed by atoms with van der Waals surface area (Å²) in [6.07, 6.45) is 4.37. The fourth-order valence-corrected chi connectivity index (χ4v) is 6.47. The maximum absolute atomic E-state index is 13.9. The number of aromatic nitrogens is 2. The van der Waals surface area contributed by atoms with E-state index in [0.717, 1.165) is 24.8 Å². The van der Waals surface area contributed by atoms with E-state index in [-0.39, 0.29) is 36.4 Å². The Morgan fingerprint density at radius 1 is 1.09 bits per heavy atom. The second kappa shape index (κ2) is 13.1. The van der Waals surface area contributed by atoms with Gasteiger partial charge < -0.3 is 9.84 Å². The lowest BCUT2D eigenvalue weighted by atomic mass is 9.94. The molecule has 1 N–H and O–H groups in total. The minimum atomic E-state index is -3.02. The number of nitrogens with zero attached hydrogens (tertiary/aromatic N) is 4. The van der Waals surface area contributed by atoms with Crippen molar-refractivity contribution in [2.75, 3.05) is 16.3 Å². The molecule has 4 aromatic rings. The highest BCUT2D eigenvalue weighted by Crippen LogP contribution is 2.41. The molecule has 0 radical (unpaired) electrons. The van der Waals surface area contributed by atoms with Crippen LogP contribution >= 0.6 is 11.3 Å². The lowest BCUT2D eigenvalue weighted by molar-refractivity contribution is -0.140. The number of thiazole rings is 1. The van der Waals surface area contributed by atoms with Crippen LogP contribution in [0.4, 0.5) is 19.7 Å². The zero-order chi connectivity index (χ0) is 31.5. The average molecular weight is 633 g/mol. The fraction of sp³-hybridized carbons (Fsp3) is 0.303. The summed E-state index contributed by atoms with van der Waals surface area (Å²) in [7, 11) is 0. The van der Waals surface area contributed by atoms with Gasteiger partial charge in [-0.2, -0.15) is 8.78 Å². The molecule has 1 aliphatic carbocycles. The number of hydrogen-bond acceptors (Lipinski definition) is 7. The third-order valence-electron chi connectivity index (χ3n) is 7.84. The van der Waals surface area contributed by atoms with Crippen LogP contribution in [0, 0.1) is 5.92 Å². The molecule has 45 heavy (non-hydrogen) atoms. The number of alkyl halides is 2. The summed E-state index contributed by atoms with van der Waals surface area (Å²) in [5.41, 5.74) is 3.13. The Hall–Kier alpha value is -4.71. The second-order valence-electron chi connectivity index (χ2n) is 11.1. The summed E-state index contributed by atoms with van der Waals surface area (Å²) in [5.74, 6) is -1.65. The van der Waals surface area contributed by atoms with Crippen molar-refractivity contribution in [2.24, 2.45) is 5.92 Å². The number of anilines is 2. The lowest BCUT2D eigenvalue weighted by Crippen LogP contribution is -2.39. The van der Waals surface area contributed by atoms with Crippen LogP contribution in [0.2, 0.25) is 0 Å². The number of halogens is 2. The largest absolute Gasteiger partial charge is 0.481 e. The summed E-state index contributed by atoms with van der Waals surface area (Å²) in [6.45, 7) is -2.42. The molecule has 6 rings (SSSR count). The van der Waals surface area contributed by atoms with Gasteiger partial charge in [0.1, 0.15) is 11.6 Å². The molecule has 9 nitrogen and oxygen atoms in total. The number of carboxylic acids is 1. The zero-order valence-electron chi connectivity index (χ0n) is 24.1. The Labute approximate surface area is 262 Å². The van der Waals surface area contributed by atoms with E-state index in [1.807, 2.05) is 36.4 Å². The predicted molar refractivity (Wildman–Crippen MR) is 165 cm³/mol. The van der Waals surface area contributed by atoms with Crippen LogP contribution in [0.3, 0.4) is 0 Å². The van der Waals surface area contributed by atoms with Gasteiger partial charge >= 0.3 is 12.6 Å². The first-order valence-corrected chi connectivity index (χ1v) is 15.5. The van der Waals surface area contributed by atoms with Gasteiger partial charge in [-0.25, -0.2) is 9.97 Å². The number of carbonyl (C=O) groups excluding carboxylic acids is 2. The zero-order valence-corrected chi connectivity index (χ0v) is 25.0. The number of carbonyl (C=O) groups is 3. The lowest BCUT2D eigenvalue weighted by Gasteiger charge is -2.25. The van der Waals surface area contributed by atoms with Crippen LogP contribution in [0.5, 0.6) is 5.75 Å². The quantitative estimate of drug-likeness (QED) is 0.192. The van der Waals surface area contributed by atoms with Gasteiger partial charge in [0, 0.05) is 41.7 Å². The number of amides is 2. The molecular weight excluding hydrogens is 602 g/mol. The van der Waals surface area contributed by atoms with Crippen LogP contribution < -0.4 is 14.5 Å². The standard InChI is InChI=1S/C33H30F2N4O5S/c34-32(35)44-24-11-12-25(21-8-13-28(36-18-21)38-14-4-7-29(38)40)26(17-24)27-19-45-33(37-27)39(23-9-10-23)31(43)22(16-30(41)42)15-20-5-2-1-3-6-20/h1-3,5-6,8,11-13,17-19,22-23,32H,4,7,9-10,14-16H2,(H,41,42)/t22-/m1/s1. The topological polar surface area (TPSA) is 113 Å². The van der Waals surface area contributed by atoms with E-state index in [2.05, 4.69) is 4.98 Å². The maximum atomic E-state index is 13.9. The molecule has 2 aliphatic rings. The molecule has 1 aliphatic heterocycles. The normalized spacial score (nSPS) is 15.4. The van der Waals surface area contributed by atoms with Crippen molar-refractivity contribution in [1.29, 1.82) is 0 Å². The summed E-state index contributed by atoms with van der Waals surface area (Å²) in [6, 6.07) is 17.3. The number of hydrogen-bond donors (Lipinski definition) is 1. The first kappa shape index (κ1) is 30.3. The first-order chi connectivity index (χ1) is 21.8. The Bertz CT molecular complexity index is 1690. The molecule has 1 saturated heterocycles. The molecule has 2 amide bonds. The SMILES string of the molecule is O=C(O)C[C@@H](Cc1ccccc1)C(=O)N(c1nc(-c2cc(OC(F)F)ccc2-c2ccc(N3CCCC3=O)nc2)cs1)C1CC1. The van der Waals surface area contributed by atoms with Crippen molar-refractivity contribution >= 4 is 40.1 Å². The van der Waals surface area contributed by atoms with Gasteiger partial charge in [-0.3, -0.25) is 24.2 Å². The summed E-state index contributed by atoms with van der Waals surface area (Å²) in [4.78, 5) is 50.4. The molecule has 2 aromatic carbocycles. The molecule has 12 heteroatoms. The maximum Gasteiger partial charge on any atom is 0.387 e. The Kier molecular flexibility index (Phi) is 8.83. The molecule has 0 unspecified atom stereocenters. The van der Waals surface area contributed by atoms with Gasteiger partial charge in [0.25, 0.3) is 0 Å². The summed E-state index contributed by atoms with van der Waals surface area (Å²) in [5, 5.41) is 11.8. The molecule has 1 saturated carbocycles. The van der Waals surface area contributed by atoms with E-state index in [9.17, 15) is 28.3 Å². The van der Waals surface area contributed by atoms with Gasteiger partial charge in [-0.15, -0.1) is 11.3 Å². The van der Waals surface area contributed by atoms with Gasteiger partial charge in [-0.05, 0) is 67.1 Å². The average Bonchev–Trinajstić information content (AvgIpc) is 3.57. The molecular formula is C33H30F2N4O5S. The van der Waals surface area contributed by atoms with Crippen molar-refractivity contribution in [3.63, 3.8) is 0 Å². The third kappa shape index (κ3) is 7.01. The van der Waals surface area contributed by atoms with Crippen LogP contribution in [0.25, 0.3) is 22.4 Å². The van der Waals surface area contributed by atoms with Crippen molar-refractivity contribution in [3.05, 3.63) is 77.8 Å². The number of benzene rings is 2. The fourth-order valence-electron chi connectivity index (χ4n) is 5.57. The second-order valence-corrected chi connectivity index (χ2v) is 11.9. The Morgan fingerprint density at radius 3 is 2.53 bits per heavy atom. The molecule has 232 valence electrons. The molecule has 0 bridgehead atoms.